The van der Waals surface area contributed by atoms with Crippen LogP contribution in [0.3, 0.4) is 0 Å². The van der Waals surface area contributed by atoms with Crippen molar-refractivity contribution in [3.8, 4) is 12.1 Å². The fraction of sp³-hybridized carbons (Fsp3) is 0.278. The molecule has 0 aliphatic carbocycles. The summed E-state index contributed by atoms with van der Waals surface area (Å²) < 4.78 is 5.10. The molecule has 0 atom stereocenters. The Morgan fingerprint density at radius 2 is 1.74 bits per heavy atom. The predicted molar refractivity (Wildman–Crippen MR) is 84.4 cm³/mol. The number of nitriles is 2. The number of benzene rings is 1. The van der Waals surface area contributed by atoms with Crippen molar-refractivity contribution in [3.63, 3.8) is 0 Å². The first-order valence-electron chi connectivity index (χ1n) is 7.19. The fourth-order valence-corrected chi connectivity index (χ4v) is 2.73. The molecule has 5 heteroatoms. The molecule has 23 heavy (non-hydrogen) atoms. The molecule has 0 unspecified atom stereocenters. The van der Waals surface area contributed by atoms with Crippen molar-refractivity contribution in [2.75, 3.05) is 0 Å². The lowest BCUT2D eigenvalue weighted by Crippen LogP contribution is -2.24. The van der Waals surface area contributed by atoms with Gasteiger partial charge in [0.1, 0.15) is 6.61 Å². The Morgan fingerprint density at radius 1 is 1.17 bits per heavy atom. The normalized spacial score (nSPS) is 14.8. The second kappa shape index (κ2) is 6.81. The maximum absolute atomic E-state index is 11.1. The minimum Gasteiger partial charge on any atom is -0.461 e. The number of nitrogens with zero attached hydrogens (tertiary/aromatic N) is 2. The second-order valence-electron chi connectivity index (χ2n) is 5.34. The minimum atomic E-state index is -0.446. The molecule has 0 aromatic heterocycles. The first kappa shape index (κ1) is 16.3. The molecule has 1 aromatic carbocycles. The third-order valence-corrected chi connectivity index (χ3v) is 3.80. The number of rotatable bonds is 3. The molecule has 2 rings (SSSR count). The van der Waals surface area contributed by atoms with E-state index in [1.807, 2.05) is 38.1 Å². The van der Waals surface area contributed by atoms with E-state index in [1.54, 1.807) is 0 Å². The standard InChI is InChI=1S/C18H17N3O2/c1-11-16(8-19)18(17(9-20)12(2)21-11)15-7-5-4-6-14(15)10-23-13(3)22/h4-7,18,21H,10H2,1-3H3. The van der Waals surface area contributed by atoms with Gasteiger partial charge in [0.2, 0.25) is 0 Å². The molecule has 0 radical (unpaired) electrons. The number of hydrogen-bond acceptors (Lipinski definition) is 5. The molecule has 5 nitrogen and oxygen atoms in total. The predicted octanol–water partition coefficient (Wildman–Crippen LogP) is 3.03. The molecule has 0 amide bonds. The van der Waals surface area contributed by atoms with Crippen molar-refractivity contribution in [2.24, 2.45) is 0 Å². The van der Waals surface area contributed by atoms with E-state index in [4.69, 9.17) is 4.74 Å². The van der Waals surface area contributed by atoms with Gasteiger partial charge in [0.25, 0.3) is 0 Å². The van der Waals surface area contributed by atoms with E-state index >= 15 is 0 Å². The van der Waals surface area contributed by atoms with Crippen molar-refractivity contribution in [3.05, 3.63) is 57.9 Å². The van der Waals surface area contributed by atoms with Crippen LogP contribution in [0.1, 0.15) is 37.8 Å². The smallest absolute Gasteiger partial charge is 0.302 e. The summed E-state index contributed by atoms with van der Waals surface area (Å²) in [7, 11) is 0. The van der Waals surface area contributed by atoms with Crippen LogP contribution in [0, 0.1) is 22.7 Å². The van der Waals surface area contributed by atoms with Crippen LogP contribution < -0.4 is 5.32 Å². The van der Waals surface area contributed by atoms with Gasteiger partial charge in [-0.05, 0) is 25.0 Å². The summed E-state index contributed by atoms with van der Waals surface area (Å²) in [4.78, 5) is 11.1. The van der Waals surface area contributed by atoms with Crippen LogP contribution >= 0.6 is 0 Å². The van der Waals surface area contributed by atoms with Gasteiger partial charge < -0.3 is 10.1 Å². The first-order chi connectivity index (χ1) is 11.0. The summed E-state index contributed by atoms with van der Waals surface area (Å²) in [6.07, 6.45) is 0. The zero-order valence-corrected chi connectivity index (χ0v) is 13.3. The molecule has 1 aliphatic rings. The lowest BCUT2D eigenvalue weighted by atomic mass is 9.80. The molecule has 0 saturated heterocycles. The summed E-state index contributed by atoms with van der Waals surface area (Å²) in [6, 6.07) is 11.8. The molecule has 0 spiro atoms. The van der Waals surface area contributed by atoms with Crippen molar-refractivity contribution in [2.45, 2.75) is 33.3 Å². The Morgan fingerprint density at radius 3 is 2.26 bits per heavy atom. The summed E-state index contributed by atoms with van der Waals surface area (Å²) >= 11 is 0. The number of ether oxygens (including phenoxy) is 1. The Labute approximate surface area is 135 Å². The average molecular weight is 307 g/mol. The van der Waals surface area contributed by atoms with Gasteiger partial charge in [0, 0.05) is 18.3 Å². The topological polar surface area (TPSA) is 85.9 Å². The number of carbonyl (C=O) groups excluding carboxylic acids is 1. The lowest BCUT2D eigenvalue weighted by Gasteiger charge is -2.27. The molecule has 116 valence electrons. The number of dihydropyridines is 1. The van der Waals surface area contributed by atoms with Gasteiger partial charge in [-0.1, -0.05) is 24.3 Å². The fourth-order valence-electron chi connectivity index (χ4n) is 2.73. The number of esters is 1. The second-order valence-corrected chi connectivity index (χ2v) is 5.34. The summed E-state index contributed by atoms with van der Waals surface area (Å²) in [5, 5.41) is 22.2. The highest BCUT2D eigenvalue weighted by Crippen LogP contribution is 2.38. The maximum atomic E-state index is 11.1. The largest absolute Gasteiger partial charge is 0.461 e. The highest BCUT2D eigenvalue weighted by molar-refractivity contribution is 5.66. The van der Waals surface area contributed by atoms with E-state index in [-0.39, 0.29) is 12.6 Å². The van der Waals surface area contributed by atoms with E-state index in [0.717, 1.165) is 22.5 Å². The SMILES string of the molecule is CC(=O)OCc1ccccc1C1C(C#N)=C(C)NC(C)=C1C#N. The van der Waals surface area contributed by atoms with Gasteiger partial charge in [-0.15, -0.1) is 0 Å². The van der Waals surface area contributed by atoms with E-state index in [1.165, 1.54) is 6.92 Å². The maximum Gasteiger partial charge on any atom is 0.302 e. The third-order valence-electron chi connectivity index (χ3n) is 3.80. The summed E-state index contributed by atoms with van der Waals surface area (Å²) in [5.74, 6) is -0.817. The van der Waals surface area contributed by atoms with Crippen LogP contribution in [-0.4, -0.2) is 5.97 Å². The van der Waals surface area contributed by atoms with Gasteiger partial charge in [0.05, 0.1) is 29.2 Å². The van der Waals surface area contributed by atoms with Gasteiger partial charge in [-0.2, -0.15) is 10.5 Å². The quantitative estimate of drug-likeness (QED) is 0.867. The van der Waals surface area contributed by atoms with Crippen LogP contribution in [0.15, 0.2) is 46.8 Å². The van der Waals surface area contributed by atoms with Crippen LogP contribution in [0.25, 0.3) is 0 Å². The van der Waals surface area contributed by atoms with Crippen molar-refractivity contribution in [1.82, 2.24) is 5.32 Å². The van der Waals surface area contributed by atoms with Crippen molar-refractivity contribution < 1.29 is 9.53 Å². The molecule has 0 fully saturated rings. The molecule has 1 heterocycles. The number of carbonyl (C=O) groups is 1. The summed E-state index contributed by atoms with van der Waals surface area (Å²) in [5.41, 5.74) is 4.06. The van der Waals surface area contributed by atoms with Crippen LogP contribution in [0.2, 0.25) is 0 Å². The molecule has 1 N–H and O–H groups in total. The average Bonchev–Trinajstić information content (AvgIpc) is 2.52. The van der Waals surface area contributed by atoms with Gasteiger partial charge >= 0.3 is 5.97 Å². The van der Waals surface area contributed by atoms with E-state index in [9.17, 15) is 15.3 Å². The number of hydrogen-bond donors (Lipinski definition) is 1. The first-order valence-corrected chi connectivity index (χ1v) is 7.19. The third kappa shape index (κ3) is 3.25. The van der Waals surface area contributed by atoms with Crippen LogP contribution in [0.5, 0.6) is 0 Å². The molecule has 0 saturated carbocycles. The number of allylic oxidation sites excluding steroid dienone is 4. The van der Waals surface area contributed by atoms with Crippen molar-refractivity contribution >= 4 is 5.97 Å². The molecular weight excluding hydrogens is 290 g/mol. The Hall–Kier alpha value is -3.05. The summed E-state index contributed by atoms with van der Waals surface area (Å²) in [6.45, 7) is 5.10. The lowest BCUT2D eigenvalue weighted by molar-refractivity contribution is -0.142. The Kier molecular flexibility index (Phi) is 4.83. The zero-order chi connectivity index (χ0) is 17.0. The molecule has 1 aromatic rings. The van der Waals surface area contributed by atoms with E-state index in [2.05, 4.69) is 17.5 Å². The van der Waals surface area contributed by atoms with Gasteiger partial charge in [-0.25, -0.2) is 0 Å². The number of nitrogens with one attached hydrogen (secondary N) is 1. The monoisotopic (exact) mass is 307 g/mol. The highest BCUT2D eigenvalue weighted by Gasteiger charge is 2.30. The highest BCUT2D eigenvalue weighted by atomic mass is 16.5. The molecule has 1 aliphatic heterocycles. The Balaban J connectivity index is 2.58. The van der Waals surface area contributed by atoms with Crippen LogP contribution in [-0.2, 0) is 16.1 Å². The minimum absolute atomic E-state index is 0.116. The van der Waals surface area contributed by atoms with Gasteiger partial charge in [0.15, 0.2) is 0 Å². The van der Waals surface area contributed by atoms with E-state index < -0.39 is 5.92 Å². The van der Waals surface area contributed by atoms with Crippen molar-refractivity contribution in [1.29, 1.82) is 10.5 Å². The zero-order valence-electron chi connectivity index (χ0n) is 13.3. The Bertz CT molecular complexity index is 755. The molecule has 0 bridgehead atoms. The molecular formula is C18H17N3O2. The van der Waals surface area contributed by atoms with Crippen LogP contribution in [0.4, 0.5) is 0 Å². The van der Waals surface area contributed by atoms with Gasteiger partial charge in [-0.3, -0.25) is 4.79 Å². The van der Waals surface area contributed by atoms with E-state index in [0.29, 0.717) is 11.1 Å².